The van der Waals surface area contributed by atoms with Crippen molar-refractivity contribution in [2.24, 2.45) is 0 Å². The molecule has 0 N–H and O–H groups in total. The number of ether oxygens (including phenoxy) is 3. The van der Waals surface area contributed by atoms with E-state index in [4.69, 9.17) is 14.2 Å². The summed E-state index contributed by atoms with van der Waals surface area (Å²) in [5.41, 5.74) is 0. The second-order valence-electron chi connectivity index (χ2n) is 17.8. The van der Waals surface area contributed by atoms with E-state index in [0.717, 1.165) is 122 Å². The van der Waals surface area contributed by atoms with Crippen LogP contribution in [0.5, 0.6) is 0 Å². The van der Waals surface area contributed by atoms with Crippen LogP contribution in [0.4, 0.5) is 0 Å². The molecule has 6 nitrogen and oxygen atoms in total. The molecule has 0 bridgehead atoms. The summed E-state index contributed by atoms with van der Waals surface area (Å²) in [7, 11) is 0. The molecule has 6 heteroatoms. The van der Waals surface area contributed by atoms with Crippen molar-refractivity contribution in [1.82, 2.24) is 0 Å². The molecule has 0 aliphatic rings. The highest BCUT2D eigenvalue weighted by atomic mass is 16.6. The molecule has 1 unspecified atom stereocenters. The van der Waals surface area contributed by atoms with Crippen molar-refractivity contribution < 1.29 is 28.6 Å². The molecule has 0 rings (SSSR count). The van der Waals surface area contributed by atoms with Gasteiger partial charge < -0.3 is 14.2 Å². The Bertz CT molecular complexity index is 1330. The van der Waals surface area contributed by atoms with E-state index in [9.17, 15) is 14.4 Å². The summed E-state index contributed by atoms with van der Waals surface area (Å²) in [5.74, 6) is -0.939. The predicted molar refractivity (Wildman–Crippen MR) is 284 cm³/mol. The number of unbranched alkanes of at least 4 members (excludes halogenated alkanes) is 21. The van der Waals surface area contributed by atoms with E-state index in [1.807, 2.05) is 0 Å². The first kappa shape index (κ1) is 62.3. The van der Waals surface area contributed by atoms with Gasteiger partial charge in [-0.25, -0.2) is 0 Å². The van der Waals surface area contributed by atoms with Gasteiger partial charge >= 0.3 is 17.9 Å². The Labute approximate surface area is 407 Å². The number of esters is 3. The summed E-state index contributed by atoms with van der Waals surface area (Å²) in [6.07, 6.45) is 71.2. The average molecular weight is 917 g/mol. The van der Waals surface area contributed by atoms with Crippen molar-refractivity contribution in [2.45, 2.75) is 252 Å². The fraction of sp³-hybridized carbons (Fsp3) is 0.683. The predicted octanol–water partition coefficient (Wildman–Crippen LogP) is 18.1. The first-order chi connectivity index (χ1) is 32.5. The Morgan fingerprint density at radius 1 is 0.318 bits per heavy atom. The molecule has 0 radical (unpaired) electrons. The Kier molecular flexibility index (Phi) is 50.9. The largest absolute Gasteiger partial charge is 0.462 e. The van der Waals surface area contributed by atoms with Crippen LogP contribution in [0.3, 0.4) is 0 Å². The molecular weight excluding hydrogens is 817 g/mol. The van der Waals surface area contributed by atoms with Crippen molar-refractivity contribution in [3.63, 3.8) is 0 Å². The van der Waals surface area contributed by atoms with Crippen LogP contribution < -0.4 is 0 Å². The zero-order valence-electron chi connectivity index (χ0n) is 42.9. The number of hydrogen-bond acceptors (Lipinski definition) is 6. The summed E-state index contributed by atoms with van der Waals surface area (Å²) in [5, 5.41) is 0. The first-order valence-electron chi connectivity index (χ1n) is 27.2. The molecule has 0 saturated carbocycles. The molecule has 0 fully saturated rings. The van der Waals surface area contributed by atoms with E-state index in [1.54, 1.807) is 0 Å². The average Bonchev–Trinajstić information content (AvgIpc) is 3.31. The first-order valence-corrected chi connectivity index (χ1v) is 27.2. The lowest BCUT2D eigenvalue weighted by atomic mass is 10.1. The summed E-state index contributed by atoms with van der Waals surface area (Å²) < 4.78 is 16.7. The number of hydrogen-bond donors (Lipinski definition) is 0. The van der Waals surface area contributed by atoms with Gasteiger partial charge in [0.2, 0.25) is 0 Å². The molecule has 0 aromatic rings. The second-order valence-corrected chi connectivity index (χ2v) is 17.8. The van der Waals surface area contributed by atoms with Gasteiger partial charge in [-0.2, -0.15) is 0 Å². The maximum atomic E-state index is 12.8. The second kappa shape index (κ2) is 53.9. The van der Waals surface area contributed by atoms with E-state index in [0.29, 0.717) is 19.3 Å². The molecule has 0 aliphatic carbocycles. The van der Waals surface area contributed by atoms with Crippen LogP contribution in [-0.2, 0) is 28.6 Å². The Morgan fingerprint density at radius 3 is 0.955 bits per heavy atom. The van der Waals surface area contributed by atoms with Gasteiger partial charge in [0.15, 0.2) is 6.10 Å². The fourth-order valence-electron chi connectivity index (χ4n) is 7.24. The quantitative estimate of drug-likeness (QED) is 0.0262. The van der Waals surface area contributed by atoms with Crippen LogP contribution >= 0.6 is 0 Å². The fourth-order valence-corrected chi connectivity index (χ4v) is 7.24. The number of allylic oxidation sites excluding steroid dienone is 16. The molecule has 66 heavy (non-hydrogen) atoms. The molecule has 0 spiro atoms. The summed E-state index contributed by atoms with van der Waals surface area (Å²) in [6, 6.07) is 0. The summed E-state index contributed by atoms with van der Waals surface area (Å²) in [4.78, 5) is 37.9. The van der Waals surface area contributed by atoms with Crippen molar-refractivity contribution in [1.29, 1.82) is 0 Å². The summed E-state index contributed by atoms with van der Waals surface area (Å²) >= 11 is 0. The van der Waals surface area contributed by atoms with Gasteiger partial charge in [-0.3, -0.25) is 14.4 Å². The van der Waals surface area contributed by atoms with Gasteiger partial charge in [-0.1, -0.05) is 221 Å². The van der Waals surface area contributed by atoms with Crippen molar-refractivity contribution >= 4 is 17.9 Å². The van der Waals surface area contributed by atoms with E-state index in [2.05, 4.69) is 118 Å². The molecule has 0 saturated heterocycles. The molecule has 0 aromatic carbocycles. The zero-order chi connectivity index (χ0) is 47.9. The molecule has 0 aromatic heterocycles. The van der Waals surface area contributed by atoms with Crippen molar-refractivity contribution in [3.05, 3.63) is 97.2 Å². The number of carbonyl (C=O) groups excluding carboxylic acids is 3. The smallest absolute Gasteiger partial charge is 0.306 e. The minimum Gasteiger partial charge on any atom is -0.462 e. The van der Waals surface area contributed by atoms with E-state index >= 15 is 0 Å². The molecule has 1 atom stereocenters. The Morgan fingerprint density at radius 2 is 0.591 bits per heavy atom. The number of rotatable bonds is 48. The zero-order valence-corrected chi connectivity index (χ0v) is 42.9. The minimum atomic E-state index is -0.793. The van der Waals surface area contributed by atoms with E-state index in [-0.39, 0.29) is 31.1 Å². The highest BCUT2D eigenvalue weighted by molar-refractivity contribution is 5.71. The van der Waals surface area contributed by atoms with Crippen LogP contribution in [0.2, 0.25) is 0 Å². The van der Waals surface area contributed by atoms with Crippen LogP contribution in [0.1, 0.15) is 245 Å². The third-order valence-corrected chi connectivity index (χ3v) is 11.3. The highest BCUT2D eigenvalue weighted by Gasteiger charge is 2.19. The third kappa shape index (κ3) is 51.3. The minimum absolute atomic E-state index is 0.0911. The van der Waals surface area contributed by atoms with Crippen LogP contribution in [0, 0.1) is 0 Å². The monoisotopic (exact) mass is 917 g/mol. The molecule has 0 aliphatic heterocycles. The lowest BCUT2D eigenvalue weighted by Gasteiger charge is -2.18. The van der Waals surface area contributed by atoms with Gasteiger partial charge in [0, 0.05) is 19.3 Å². The van der Waals surface area contributed by atoms with Gasteiger partial charge in [-0.15, -0.1) is 0 Å². The van der Waals surface area contributed by atoms with Crippen LogP contribution in [0.15, 0.2) is 97.2 Å². The van der Waals surface area contributed by atoms with Crippen LogP contribution in [0.25, 0.3) is 0 Å². The van der Waals surface area contributed by atoms with Crippen molar-refractivity contribution in [3.8, 4) is 0 Å². The van der Waals surface area contributed by atoms with Gasteiger partial charge in [0.25, 0.3) is 0 Å². The van der Waals surface area contributed by atoms with Gasteiger partial charge in [0.05, 0.1) is 0 Å². The van der Waals surface area contributed by atoms with Gasteiger partial charge in [0.1, 0.15) is 13.2 Å². The van der Waals surface area contributed by atoms with Gasteiger partial charge in [-0.05, 0) is 103 Å². The summed E-state index contributed by atoms with van der Waals surface area (Å²) in [6.45, 7) is 6.45. The van der Waals surface area contributed by atoms with Crippen molar-refractivity contribution in [2.75, 3.05) is 13.2 Å². The Balaban J connectivity index is 4.34. The molecular formula is C60H100O6. The standard InChI is InChI=1S/C60H100O6/c1-4-7-10-13-16-19-21-23-25-26-27-28-29-30-31-32-33-34-36-37-39-41-44-47-50-53-59(62)65-56-57(55-64-58(61)52-49-46-43-18-15-12-9-6-3)66-60(63)54-51-48-45-42-40-38-35-24-22-20-17-14-11-8-5-2/h7,10,16,19,23-25,27-28,30-31,33-35,37,39,57H,4-6,8-9,11-15,17-18,20-22,26,29,32,36,38,40-56H2,1-3H3/b10-7-,19-16-,25-23-,28-27-,31-30-,34-33-,35-24-,39-37-. The molecule has 0 heterocycles. The maximum absolute atomic E-state index is 12.8. The third-order valence-electron chi connectivity index (χ3n) is 11.3. The molecule has 376 valence electrons. The maximum Gasteiger partial charge on any atom is 0.306 e. The highest BCUT2D eigenvalue weighted by Crippen LogP contribution is 2.13. The number of carbonyl (C=O) groups is 3. The van der Waals surface area contributed by atoms with E-state index < -0.39 is 6.10 Å². The SMILES string of the molecule is CC/C=C\C/C=C\C/C=C\C/C=C\C/C=C\C/C=C\C/C=C\CCCCCC(=O)OCC(COC(=O)CCCCCCCCCC)OC(=O)CCCCCCC/C=C\CCCCCCCC. The lowest BCUT2D eigenvalue weighted by molar-refractivity contribution is -0.167. The molecule has 0 amide bonds. The Hall–Kier alpha value is -3.67. The lowest BCUT2D eigenvalue weighted by Crippen LogP contribution is -2.30. The topological polar surface area (TPSA) is 78.9 Å². The normalized spacial score (nSPS) is 12.8. The van der Waals surface area contributed by atoms with E-state index in [1.165, 1.54) is 83.5 Å². The van der Waals surface area contributed by atoms with Crippen LogP contribution in [-0.4, -0.2) is 37.2 Å².